The van der Waals surface area contributed by atoms with Crippen LogP contribution >= 0.6 is 11.8 Å². The largest absolute Gasteiger partial charge is 0.330 e. The summed E-state index contributed by atoms with van der Waals surface area (Å²) in [6.45, 7) is 4.69. The van der Waals surface area contributed by atoms with Crippen LogP contribution < -0.4 is 11.1 Å². The maximum Gasteiger partial charge on any atom is 0.227 e. The highest BCUT2D eigenvalue weighted by atomic mass is 32.2. The highest BCUT2D eigenvalue weighted by molar-refractivity contribution is 7.99. The molecule has 0 radical (unpaired) electrons. The number of rotatable bonds is 7. The molecule has 100 valence electrons. The van der Waals surface area contributed by atoms with Crippen molar-refractivity contribution in [2.24, 2.45) is 11.7 Å². The van der Waals surface area contributed by atoms with Crippen molar-refractivity contribution in [2.45, 2.75) is 31.6 Å². The summed E-state index contributed by atoms with van der Waals surface area (Å²) in [6.07, 6.45) is 1.73. The van der Waals surface area contributed by atoms with E-state index in [1.807, 2.05) is 31.2 Å². The van der Waals surface area contributed by atoms with Crippen LogP contribution in [0.3, 0.4) is 0 Å². The zero-order valence-electron chi connectivity index (χ0n) is 11.1. The first-order valence-corrected chi connectivity index (χ1v) is 7.40. The van der Waals surface area contributed by atoms with E-state index in [2.05, 4.69) is 12.2 Å². The second-order valence-electron chi connectivity index (χ2n) is 4.25. The number of thioether (sulfide) groups is 1. The summed E-state index contributed by atoms with van der Waals surface area (Å²) in [5.74, 6) is 1.08. The molecule has 18 heavy (non-hydrogen) atoms. The predicted molar refractivity (Wildman–Crippen MR) is 78.9 cm³/mol. The summed E-state index contributed by atoms with van der Waals surface area (Å²) in [7, 11) is 0. The minimum absolute atomic E-state index is 0.00762. The van der Waals surface area contributed by atoms with Crippen LogP contribution in [-0.4, -0.2) is 18.2 Å². The Morgan fingerprint density at radius 3 is 2.83 bits per heavy atom. The maximum atomic E-state index is 12.0. The zero-order valence-corrected chi connectivity index (χ0v) is 11.9. The van der Waals surface area contributed by atoms with Crippen LogP contribution in [0.1, 0.15) is 26.7 Å². The third-order valence-electron chi connectivity index (χ3n) is 2.73. The third kappa shape index (κ3) is 4.70. The number of hydrogen-bond acceptors (Lipinski definition) is 3. The summed E-state index contributed by atoms with van der Waals surface area (Å²) in [6, 6.07) is 7.92. The van der Waals surface area contributed by atoms with Crippen LogP contribution in [0.2, 0.25) is 0 Å². The van der Waals surface area contributed by atoms with Gasteiger partial charge in [-0.15, -0.1) is 11.8 Å². The van der Waals surface area contributed by atoms with Crippen molar-refractivity contribution in [3.63, 3.8) is 0 Å². The summed E-state index contributed by atoms with van der Waals surface area (Å²) >= 11 is 1.74. The molecular weight excluding hydrogens is 244 g/mol. The number of amides is 1. The molecule has 0 spiro atoms. The SMILES string of the molecule is CCSc1ccccc1NC(=O)C(C)CCCN. The zero-order chi connectivity index (χ0) is 13.4. The van der Waals surface area contributed by atoms with Gasteiger partial charge in [-0.1, -0.05) is 26.0 Å². The summed E-state index contributed by atoms with van der Waals surface area (Å²) in [5.41, 5.74) is 6.37. The van der Waals surface area contributed by atoms with Gasteiger partial charge in [-0.2, -0.15) is 0 Å². The van der Waals surface area contributed by atoms with E-state index < -0.39 is 0 Å². The Balaban J connectivity index is 2.63. The van der Waals surface area contributed by atoms with Gasteiger partial charge in [-0.05, 0) is 37.3 Å². The molecular formula is C14H22N2OS. The third-order valence-corrected chi connectivity index (χ3v) is 3.69. The van der Waals surface area contributed by atoms with Crippen molar-refractivity contribution in [1.82, 2.24) is 0 Å². The highest BCUT2D eigenvalue weighted by Gasteiger charge is 2.13. The molecule has 4 heteroatoms. The lowest BCUT2D eigenvalue weighted by molar-refractivity contribution is -0.119. The smallest absolute Gasteiger partial charge is 0.227 e. The lowest BCUT2D eigenvalue weighted by Crippen LogP contribution is -2.21. The molecule has 1 atom stereocenters. The predicted octanol–water partition coefficient (Wildman–Crippen LogP) is 3.11. The average Bonchev–Trinajstić information content (AvgIpc) is 2.38. The van der Waals surface area contributed by atoms with Crippen molar-refractivity contribution >= 4 is 23.4 Å². The lowest BCUT2D eigenvalue weighted by Gasteiger charge is -2.14. The molecule has 0 aliphatic rings. The van der Waals surface area contributed by atoms with E-state index in [0.717, 1.165) is 29.2 Å². The first-order chi connectivity index (χ1) is 8.69. The standard InChI is InChI=1S/C14H22N2OS/c1-3-18-13-9-5-4-8-12(13)16-14(17)11(2)7-6-10-15/h4-5,8-9,11H,3,6-7,10,15H2,1-2H3,(H,16,17). The summed E-state index contributed by atoms with van der Waals surface area (Å²) in [5, 5.41) is 3.00. The van der Waals surface area contributed by atoms with Gasteiger partial charge in [0, 0.05) is 10.8 Å². The Hall–Kier alpha value is -1.00. The van der Waals surface area contributed by atoms with Crippen LogP contribution in [0.5, 0.6) is 0 Å². The fourth-order valence-corrected chi connectivity index (χ4v) is 2.42. The van der Waals surface area contributed by atoms with Crippen LogP contribution in [0.15, 0.2) is 29.2 Å². The minimum Gasteiger partial charge on any atom is -0.330 e. The topological polar surface area (TPSA) is 55.1 Å². The molecule has 1 unspecified atom stereocenters. The van der Waals surface area contributed by atoms with Gasteiger partial charge in [0.15, 0.2) is 0 Å². The van der Waals surface area contributed by atoms with E-state index >= 15 is 0 Å². The fourth-order valence-electron chi connectivity index (χ4n) is 1.66. The number of hydrogen-bond donors (Lipinski definition) is 2. The van der Waals surface area contributed by atoms with Gasteiger partial charge >= 0.3 is 0 Å². The van der Waals surface area contributed by atoms with Gasteiger partial charge in [-0.3, -0.25) is 4.79 Å². The van der Waals surface area contributed by atoms with E-state index in [9.17, 15) is 4.79 Å². The van der Waals surface area contributed by atoms with Gasteiger partial charge in [0.25, 0.3) is 0 Å². The van der Waals surface area contributed by atoms with Gasteiger partial charge < -0.3 is 11.1 Å². The van der Waals surface area contributed by atoms with Crippen molar-refractivity contribution in [3.05, 3.63) is 24.3 Å². The number of carbonyl (C=O) groups is 1. The number of benzene rings is 1. The molecule has 0 saturated heterocycles. The Morgan fingerprint density at radius 1 is 1.44 bits per heavy atom. The van der Waals surface area contributed by atoms with Gasteiger partial charge in [0.05, 0.1) is 5.69 Å². The van der Waals surface area contributed by atoms with E-state index in [4.69, 9.17) is 5.73 Å². The van der Waals surface area contributed by atoms with Crippen molar-refractivity contribution in [1.29, 1.82) is 0 Å². The molecule has 0 fully saturated rings. The van der Waals surface area contributed by atoms with E-state index in [1.165, 1.54) is 0 Å². The van der Waals surface area contributed by atoms with E-state index in [1.54, 1.807) is 11.8 Å². The summed E-state index contributed by atoms with van der Waals surface area (Å²) in [4.78, 5) is 13.1. The molecule has 3 N–H and O–H groups in total. The van der Waals surface area contributed by atoms with Crippen molar-refractivity contribution in [3.8, 4) is 0 Å². The van der Waals surface area contributed by atoms with Crippen molar-refractivity contribution in [2.75, 3.05) is 17.6 Å². The molecule has 0 bridgehead atoms. The quantitative estimate of drug-likeness (QED) is 0.746. The molecule has 1 rings (SSSR count). The molecule has 1 amide bonds. The molecule has 1 aromatic carbocycles. The molecule has 1 aromatic rings. The fraction of sp³-hybridized carbons (Fsp3) is 0.500. The first kappa shape index (κ1) is 15.1. The second-order valence-corrected chi connectivity index (χ2v) is 5.56. The Morgan fingerprint density at radius 2 is 2.17 bits per heavy atom. The monoisotopic (exact) mass is 266 g/mol. The van der Waals surface area contributed by atoms with Crippen LogP contribution in [-0.2, 0) is 4.79 Å². The molecule has 3 nitrogen and oxygen atoms in total. The van der Waals surface area contributed by atoms with E-state index in [0.29, 0.717) is 6.54 Å². The Kier molecular flexibility index (Phi) is 6.83. The number of carbonyl (C=O) groups excluding carboxylic acids is 1. The number of anilines is 1. The molecule has 0 heterocycles. The number of para-hydroxylation sites is 1. The van der Waals surface area contributed by atoms with Crippen LogP contribution in [0, 0.1) is 5.92 Å². The molecule has 0 aromatic heterocycles. The number of nitrogens with one attached hydrogen (secondary N) is 1. The second kappa shape index (κ2) is 8.16. The average molecular weight is 266 g/mol. The minimum atomic E-state index is 0.00762. The van der Waals surface area contributed by atoms with E-state index in [-0.39, 0.29) is 11.8 Å². The van der Waals surface area contributed by atoms with Crippen molar-refractivity contribution < 1.29 is 4.79 Å². The normalized spacial score (nSPS) is 12.2. The summed E-state index contributed by atoms with van der Waals surface area (Å²) < 4.78 is 0. The lowest BCUT2D eigenvalue weighted by atomic mass is 10.0. The van der Waals surface area contributed by atoms with Crippen LogP contribution in [0.25, 0.3) is 0 Å². The van der Waals surface area contributed by atoms with Gasteiger partial charge in [0.1, 0.15) is 0 Å². The Labute approximate surface area is 114 Å². The number of nitrogens with two attached hydrogens (primary N) is 1. The highest BCUT2D eigenvalue weighted by Crippen LogP contribution is 2.27. The molecule has 0 aliphatic heterocycles. The molecule has 0 aliphatic carbocycles. The molecule has 0 saturated carbocycles. The van der Waals surface area contributed by atoms with Crippen LogP contribution in [0.4, 0.5) is 5.69 Å². The first-order valence-electron chi connectivity index (χ1n) is 6.41. The maximum absolute atomic E-state index is 12.0. The Bertz CT molecular complexity index is 382. The van der Waals surface area contributed by atoms with Gasteiger partial charge in [-0.25, -0.2) is 0 Å². The van der Waals surface area contributed by atoms with Gasteiger partial charge in [0.2, 0.25) is 5.91 Å².